The number of thiazole rings is 1. The highest BCUT2D eigenvalue weighted by molar-refractivity contribution is 8.03. The van der Waals surface area contributed by atoms with E-state index in [1.807, 2.05) is 0 Å². The smallest absolute Gasteiger partial charge is 0.324 e. The summed E-state index contributed by atoms with van der Waals surface area (Å²) in [5.41, 5.74) is 0. The van der Waals surface area contributed by atoms with Gasteiger partial charge in [0, 0.05) is 25.8 Å². The number of carbonyl (C=O) groups excluding carboxylic acids is 1. The van der Waals surface area contributed by atoms with Gasteiger partial charge in [-0.05, 0) is 58.3 Å². The fraction of sp³-hybridized carbons (Fsp3) is 0.783. The Balaban J connectivity index is 1.69. The van der Waals surface area contributed by atoms with E-state index in [4.69, 9.17) is 4.74 Å². The molecule has 1 heterocycles. The van der Waals surface area contributed by atoms with E-state index in [1.54, 1.807) is 27.2 Å². The van der Waals surface area contributed by atoms with Gasteiger partial charge in [-0.25, -0.2) is 9.78 Å². The first-order valence-electron chi connectivity index (χ1n) is 11.8. The van der Waals surface area contributed by atoms with Gasteiger partial charge in [0.1, 0.15) is 4.75 Å². The van der Waals surface area contributed by atoms with E-state index < -0.39 is 10.7 Å². The summed E-state index contributed by atoms with van der Waals surface area (Å²) in [6.45, 7) is 4.14. The van der Waals surface area contributed by atoms with E-state index in [9.17, 15) is 14.7 Å². The van der Waals surface area contributed by atoms with Crippen LogP contribution in [0.3, 0.4) is 0 Å². The van der Waals surface area contributed by atoms with Gasteiger partial charge in [-0.2, -0.15) is 0 Å². The average Bonchev–Trinajstić information content (AvgIpc) is 3.00. The Morgan fingerprint density at radius 2 is 1.78 bits per heavy atom. The Morgan fingerprint density at radius 1 is 1.16 bits per heavy atom. The topological polar surface area (TPSA) is 91.8 Å². The Labute approximate surface area is 199 Å². The van der Waals surface area contributed by atoms with Crippen LogP contribution in [0.4, 0.5) is 9.93 Å². The number of amides is 2. The number of nitrogens with one attached hydrogen (secondary N) is 1. The second-order valence-electron chi connectivity index (χ2n) is 9.51. The number of thioether (sulfide) groups is 1. The standard InChI is InChI=1S/C23H37N3O4S2/c1-23(2,20(27)28)32-19-14-24-21(31-19)25-22(29)26(17-8-6-4-5-7-9-17)18-12-10-16(11-13-18)15-30-3/h14,16-18H,4-13,15H2,1-3H3,(H,27,28)(H,24,25,29). The van der Waals surface area contributed by atoms with E-state index in [-0.39, 0.29) is 18.1 Å². The van der Waals surface area contributed by atoms with E-state index in [0.717, 1.165) is 49.3 Å². The third-order valence-corrected chi connectivity index (χ3v) is 8.83. The van der Waals surface area contributed by atoms with Crippen molar-refractivity contribution in [2.45, 2.75) is 99.1 Å². The van der Waals surface area contributed by atoms with E-state index in [1.165, 1.54) is 48.8 Å². The van der Waals surface area contributed by atoms with Crippen LogP contribution in [0, 0.1) is 5.92 Å². The number of urea groups is 1. The van der Waals surface area contributed by atoms with Crippen LogP contribution >= 0.6 is 23.1 Å². The summed E-state index contributed by atoms with van der Waals surface area (Å²) < 4.78 is 5.19. The van der Waals surface area contributed by atoms with Gasteiger partial charge in [-0.3, -0.25) is 10.1 Å². The van der Waals surface area contributed by atoms with Gasteiger partial charge >= 0.3 is 12.0 Å². The first-order chi connectivity index (χ1) is 15.3. The summed E-state index contributed by atoms with van der Waals surface area (Å²) in [4.78, 5) is 31.4. The normalized spacial score (nSPS) is 22.8. The maximum absolute atomic E-state index is 13.5. The molecular weight excluding hydrogens is 446 g/mol. The van der Waals surface area contributed by atoms with E-state index >= 15 is 0 Å². The number of hydrogen-bond donors (Lipinski definition) is 2. The van der Waals surface area contributed by atoms with Crippen molar-refractivity contribution in [3.05, 3.63) is 6.20 Å². The minimum atomic E-state index is -0.943. The number of carboxylic acids is 1. The molecule has 0 atom stereocenters. The number of hydrogen-bond acceptors (Lipinski definition) is 6. The highest BCUT2D eigenvalue weighted by Crippen LogP contribution is 2.38. The van der Waals surface area contributed by atoms with Crippen molar-refractivity contribution in [3.8, 4) is 0 Å². The van der Waals surface area contributed by atoms with Gasteiger partial charge in [0.25, 0.3) is 0 Å². The van der Waals surface area contributed by atoms with Crippen LogP contribution in [0.2, 0.25) is 0 Å². The molecule has 2 aliphatic carbocycles. The Bertz CT molecular complexity index is 754. The zero-order chi connectivity index (χ0) is 23.1. The van der Waals surface area contributed by atoms with Crippen molar-refractivity contribution in [1.29, 1.82) is 0 Å². The quantitative estimate of drug-likeness (QED) is 0.355. The SMILES string of the molecule is COCC1CCC(N(C(=O)Nc2ncc(SC(C)(C)C(=O)O)s2)C2CCCCCC2)CC1. The summed E-state index contributed by atoms with van der Waals surface area (Å²) in [6, 6.07) is 0.475. The molecule has 1 aromatic heterocycles. The lowest BCUT2D eigenvalue weighted by molar-refractivity contribution is -0.138. The molecule has 7 nitrogen and oxygen atoms in total. The molecule has 0 aromatic carbocycles. The number of carbonyl (C=O) groups is 2. The molecule has 0 spiro atoms. The molecule has 0 radical (unpaired) electrons. The summed E-state index contributed by atoms with van der Waals surface area (Å²) in [7, 11) is 1.76. The molecule has 2 saturated carbocycles. The lowest BCUT2D eigenvalue weighted by atomic mass is 9.85. The highest BCUT2D eigenvalue weighted by Gasteiger charge is 2.35. The minimum absolute atomic E-state index is 0.0597. The number of rotatable bonds is 8. The van der Waals surface area contributed by atoms with Gasteiger partial charge in [0.2, 0.25) is 0 Å². The Hall–Kier alpha value is -1.32. The second kappa shape index (κ2) is 11.7. The fourth-order valence-electron chi connectivity index (χ4n) is 4.81. The van der Waals surface area contributed by atoms with E-state index in [0.29, 0.717) is 11.0 Å². The lowest BCUT2D eigenvalue weighted by Crippen LogP contribution is -2.50. The average molecular weight is 484 g/mol. The maximum Gasteiger partial charge on any atom is 0.324 e. The molecule has 2 aliphatic rings. The van der Waals surface area contributed by atoms with Crippen molar-refractivity contribution in [1.82, 2.24) is 9.88 Å². The van der Waals surface area contributed by atoms with Gasteiger partial charge in [0.05, 0.1) is 10.4 Å². The number of methoxy groups -OCH3 is 1. The van der Waals surface area contributed by atoms with Crippen molar-refractivity contribution in [3.63, 3.8) is 0 Å². The molecule has 1 aromatic rings. The van der Waals surface area contributed by atoms with Gasteiger partial charge in [0.15, 0.2) is 5.13 Å². The van der Waals surface area contributed by atoms with Crippen LogP contribution in [0.5, 0.6) is 0 Å². The van der Waals surface area contributed by atoms with Crippen LogP contribution in [0.15, 0.2) is 10.4 Å². The summed E-state index contributed by atoms with van der Waals surface area (Å²) in [5, 5.41) is 12.9. The molecule has 0 bridgehead atoms. The summed E-state index contributed by atoms with van der Waals surface area (Å²) >= 11 is 2.59. The number of carboxylic acid groups (broad SMARTS) is 1. The van der Waals surface area contributed by atoms with Crippen LogP contribution < -0.4 is 5.32 Å². The monoisotopic (exact) mass is 483 g/mol. The molecular formula is C23H37N3O4S2. The minimum Gasteiger partial charge on any atom is -0.480 e. The van der Waals surface area contributed by atoms with Crippen LogP contribution in [-0.2, 0) is 9.53 Å². The molecule has 0 aliphatic heterocycles. The van der Waals surface area contributed by atoms with Crippen LogP contribution in [0.1, 0.15) is 78.1 Å². The highest BCUT2D eigenvalue weighted by atomic mass is 32.2. The van der Waals surface area contributed by atoms with Crippen LogP contribution in [0.25, 0.3) is 0 Å². The number of anilines is 1. The van der Waals surface area contributed by atoms with Crippen molar-refractivity contribution in [2.24, 2.45) is 5.92 Å². The maximum atomic E-state index is 13.5. The number of nitrogens with zero attached hydrogens (tertiary/aromatic N) is 2. The zero-order valence-corrected chi connectivity index (χ0v) is 21.1. The number of ether oxygens (including phenoxy) is 1. The summed E-state index contributed by atoms with van der Waals surface area (Å²) in [6.07, 6.45) is 12.9. The summed E-state index contributed by atoms with van der Waals surface area (Å²) in [5.74, 6) is -0.281. The van der Waals surface area contributed by atoms with Crippen molar-refractivity contribution in [2.75, 3.05) is 19.0 Å². The predicted octanol–water partition coefficient (Wildman–Crippen LogP) is 5.86. The predicted molar refractivity (Wildman–Crippen MR) is 130 cm³/mol. The first kappa shape index (κ1) is 25.3. The molecule has 180 valence electrons. The van der Waals surface area contributed by atoms with Gasteiger partial charge < -0.3 is 14.7 Å². The first-order valence-corrected chi connectivity index (χ1v) is 13.4. The van der Waals surface area contributed by atoms with Gasteiger partial charge in [-0.1, -0.05) is 48.8 Å². The zero-order valence-electron chi connectivity index (χ0n) is 19.5. The van der Waals surface area contributed by atoms with Crippen molar-refractivity contribution < 1.29 is 19.4 Å². The largest absolute Gasteiger partial charge is 0.480 e. The molecule has 2 N–H and O–H groups in total. The molecule has 0 saturated heterocycles. The molecule has 32 heavy (non-hydrogen) atoms. The third kappa shape index (κ3) is 6.84. The van der Waals surface area contributed by atoms with Crippen molar-refractivity contribution >= 4 is 40.2 Å². The van der Waals surface area contributed by atoms with E-state index in [2.05, 4.69) is 15.2 Å². The number of aromatic nitrogens is 1. The Morgan fingerprint density at radius 3 is 2.38 bits per heavy atom. The molecule has 3 rings (SSSR count). The second-order valence-corrected chi connectivity index (χ2v) is 12.5. The fourth-order valence-corrected chi connectivity index (χ4v) is 7.07. The molecule has 2 fully saturated rings. The third-order valence-electron chi connectivity index (χ3n) is 6.63. The molecule has 2 amide bonds. The van der Waals surface area contributed by atoms with Gasteiger partial charge in [-0.15, -0.1) is 0 Å². The van der Waals surface area contributed by atoms with Crippen LogP contribution in [-0.4, -0.2) is 57.5 Å². The number of aliphatic carboxylic acids is 1. The molecule has 9 heteroatoms. The Kier molecular flexibility index (Phi) is 9.25. The lowest BCUT2D eigenvalue weighted by Gasteiger charge is -2.41. The molecule has 0 unspecified atom stereocenters.